The Balaban J connectivity index is 0.000000278. The summed E-state index contributed by atoms with van der Waals surface area (Å²) in [7, 11) is 1.37. The first-order valence-corrected chi connectivity index (χ1v) is 18.9. The van der Waals surface area contributed by atoms with Crippen LogP contribution < -0.4 is 4.74 Å². The lowest BCUT2D eigenvalue weighted by atomic mass is 10.1. The fraction of sp³-hybridized carbons (Fsp3) is 0.174. The molecule has 342 valence electrons. The highest BCUT2D eigenvalue weighted by molar-refractivity contribution is 9.09. The van der Waals surface area contributed by atoms with Gasteiger partial charge in [-0.1, -0.05) is 123 Å². The molecule has 19 heteroatoms. The number of aliphatic carboxylic acids is 1. The van der Waals surface area contributed by atoms with Gasteiger partial charge in [-0.05, 0) is 66.2 Å². The molecule has 2 heterocycles. The Hall–Kier alpha value is -7.28. The SMILES string of the molecule is C.C.C.COC(=O)C(Br)c1ccccc1.O=C(O)C(Oc1ccc(C(F)(F)F)cc1-n1nc2ccccc2n1)c1ccccc1.Oc1ccc(C(F)(F)F)cc1-n1nc2ccccc2n1. The van der Waals surface area contributed by atoms with Crippen LogP contribution in [0.5, 0.6) is 11.5 Å². The Morgan fingerprint density at radius 1 is 0.585 bits per heavy atom. The van der Waals surface area contributed by atoms with Crippen molar-refractivity contribution < 1.29 is 55.6 Å². The number of phenols is 1. The average Bonchev–Trinajstić information content (AvgIpc) is 3.90. The van der Waals surface area contributed by atoms with Crippen molar-refractivity contribution >= 4 is 49.9 Å². The fourth-order valence-corrected chi connectivity index (χ4v) is 6.11. The largest absolute Gasteiger partial charge is 0.506 e. The van der Waals surface area contributed by atoms with Crippen LogP contribution in [0.1, 0.15) is 55.5 Å². The number of methoxy groups -OCH3 is 1. The predicted octanol–water partition coefficient (Wildman–Crippen LogP) is 12.0. The minimum absolute atomic E-state index is 0. The molecule has 0 amide bonds. The lowest BCUT2D eigenvalue weighted by molar-refractivity contribution is -0.145. The van der Waals surface area contributed by atoms with Crippen LogP contribution >= 0.6 is 15.9 Å². The van der Waals surface area contributed by atoms with Crippen molar-refractivity contribution in [2.45, 2.75) is 45.6 Å². The molecule has 0 fully saturated rings. The van der Waals surface area contributed by atoms with Crippen LogP contribution in [0, 0.1) is 0 Å². The van der Waals surface area contributed by atoms with Crippen LogP contribution in [-0.2, 0) is 26.7 Å². The van der Waals surface area contributed by atoms with E-state index in [0.29, 0.717) is 27.6 Å². The third-order valence-electron chi connectivity index (χ3n) is 8.67. The third-order valence-corrected chi connectivity index (χ3v) is 9.57. The molecule has 12 nitrogen and oxygen atoms in total. The number of phenolic OH excluding ortho intramolecular Hbond substituents is 1. The molecule has 0 radical (unpaired) electrons. The van der Waals surface area contributed by atoms with E-state index in [2.05, 4.69) is 41.1 Å². The van der Waals surface area contributed by atoms with Gasteiger partial charge in [-0.2, -0.15) is 26.3 Å². The smallest absolute Gasteiger partial charge is 0.416 e. The number of hydrogen-bond donors (Lipinski definition) is 2. The summed E-state index contributed by atoms with van der Waals surface area (Å²) in [6.45, 7) is 0. The van der Waals surface area contributed by atoms with Gasteiger partial charge in [-0.15, -0.1) is 30.0 Å². The Morgan fingerprint density at radius 3 is 1.38 bits per heavy atom. The van der Waals surface area contributed by atoms with Gasteiger partial charge in [-0.25, -0.2) is 4.79 Å². The summed E-state index contributed by atoms with van der Waals surface area (Å²) in [5.74, 6) is -1.98. The number of alkyl halides is 7. The van der Waals surface area contributed by atoms with Gasteiger partial charge in [0.1, 0.15) is 49.8 Å². The first-order chi connectivity index (χ1) is 29.5. The molecule has 8 rings (SSSR count). The number of ether oxygens (including phenoxy) is 2. The maximum absolute atomic E-state index is 13.3. The first-order valence-electron chi connectivity index (χ1n) is 18.0. The summed E-state index contributed by atoms with van der Waals surface area (Å²) in [6, 6.07) is 36.5. The maximum Gasteiger partial charge on any atom is 0.416 e. The topological polar surface area (TPSA) is 154 Å². The fourth-order valence-electron chi connectivity index (χ4n) is 5.62. The van der Waals surface area contributed by atoms with E-state index >= 15 is 0 Å². The van der Waals surface area contributed by atoms with Gasteiger partial charge in [0.15, 0.2) is 0 Å². The number of carbonyl (C=O) groups is 2. The van der Waals surface area contributed by atoms with E-state index in [4.69, 9.17) is 4.74 Å². The maximum atomic E-state index is 13.3. The second-order valence-electron chi connectivity index (χ2n) is 12.9. The number of nitrogens with zero attached hydrogens (tertiary/aromatic N) is 6. The summed E-state index contributed by atoms with van der Waals surface area (Å²) in [4.78, 5) is 24.5. The van der Waals surface area contributed by atoms with Gasteiger partial charge in [0, 0.05) is 5.56 Å². The standard InChI is InChI=1S/C21H14F3N3O3.C13H8F3N3O.C9H9BrO2.3CH4/c22-21(23,24)14-10-11-18(30-19(20(28)29)13-6-2-1-3-7-13)17(12-14)27-25-15-8-4-5-9-16(15)26-27;14-13(15,16)8-5-6-12(20)11(7-8)19-17-9-3-1-2-4-10(9)18-19;1-12-9(11)8(10)7-5-3-2-4-6-7;;;/h1-12,19H,(H,28,29);1-7,20H;2-6,8H,1H3;3*1H4. The lowest BCUT2D eigenvalue weighted by Gasteiger charge is -2.18. The Bertz CT molecular complexity index is 2740. The molecule has 0 bridgehead atoms. The predicted molar refractivity (Wildman–Crippen MR) is 237 cm³/mol. The van der Waals surface area contributed by atoms with Crippen LogP contribution in [-0.4, -0.2) is 59.2 Å². The number of aromatic nitrogens is 6. The Labute approximate surface area is 377 Å². The van der Waals surface area contributed by atoms with E-state index in [1.807, 2.05) is 30.3 Å². The van der Waals surface area contributed by atoms with E-state index in [1.165, 1.54) is 7.11 Å². The van der Waals surface area contributed by atoms with Crippen LogP contribution in [0.2, 0.25) is 0 Å². The second kappa shape index (κ2) is 22.4. The third kappa shape index (κ3) is 12.9. The highest BCUT2D eigenvalue weighted by atomic mass is 79.9. The van der Waals surface area contributed by atoms with Gasteiger partial charge in [0.25, 0.3) is 0 Å². The Kier molecular flexibility index (Phi) is 17.9. The molecule has 0 saturated carbocycles. The molecule has 65 heavy (non-hydrogen) atoms. The highest BCUT2D eigenvalue weighted by Gasteiger charge is 2.33. The van der Waals surface area contributed by atoms with Crippen molar-refractivity contribution in [3.05, 3.63) is 168 Å². The zero-order valence-corrected chi connectivity index (χ0v) is 33.5. The molecule has 0 saturated heterocycles. The normalized spacial score (nSPS) is 11.8. The minimum Gasteiger partial charge on any atom is -0.506 e. The van der Waals surface area contributed by atoms with Crippen LogP contribution in [0.3, 0.4) is 0 Å². The molecule has 2 atom stereocenters. The molecule has 2 aromatic heterocycles. The number of aromatic hydroxyl groups is 1. The van der Waals surface area contributed by atoms with E-state index in [1.54, 1.807) is 78.9 Å². The van der Waals surface area contributed by atoms with Gasteiger partial charge < -0.3 is 19.7 Å². The van der Waals surface area contributed by atoms with E-state index in [9.17, 15) is 46.1 Å². The summed E-state index contributed by atoms with van der Waals surface area (Å²) in [6.07, 6.45) is -10.5. The van der Waals surface area contributed by atoms with Gasteiger partial charge in [0.2, 0.25) is 6.10 Å². The molecular formula is C46H43BrF6N6O6. The highest BCUT2D eigenvalue weighted by Crippen LogP contribution is 2.36. The number of fused-ring (bicyclic) bond motifs is 2. The van der Waals surface area contributed by atoms with Crippen LogP contribution in [0.15, 0.2) is 146 Å². The monoisotopic (exact) mass is 968 g/mol. The van der Waals surface area contributed by atoms with Gasteiger partial charge in [-0.3, -0.25) is 4.79 Å². The number of hydrogen-bond acceptors (Lipinski definition) is 9. The average molecular weight is 970 g/mol. The lowest BCUT2D eigenvalue weighted by Crippen LogP contribution is -2.19. The molecule has 0 aliphatic heterocycles. The summed E-state index contributed by atoms with van der Waals surface area (Å²) in [5, 5.41) is 35.8. The van der Waals surface area contributed by atoms with E-state index in [-0.39, 0.29) is 56.0 Å². The van der Waals surface area contributed by atoms with Crippen LogP contribution in [0.25, 0.3) is 33.4 Å². The number of rotatable bonds is 8. The van der Waals surface area contributed by atoms with Gasteiger partial charge >= 0.3 is 24.3 Å². The zero-order valence-electron chi connectivity index (χ0n) is 31.9. The molecule has 6 aromatic carbocycles. The number of halogens is 7. The summed E-state index contributed by atoms with van der Waals surface area (Å²) >= 11 is 3.24. The van der Waals surface area contributed by atoms with Crippen molar-refractivity contribution in [2.75, 3.05) is 7.11 Å². The minimum atomic E-state index is -4.61. The van der Waals surface area contributed by atoms with Crippen LogP contribution in [0.4, 0.5) is 26.3 Å². The van der Waals surface area contributed by atoms with Crippen molar-refractivity contribution in [3.63, 3.8) is 0 Å². The Morgan fingerprint density at radius 2 is 0.969 bits per heavy atom. The summed E-state index contributed by atoms with van der Waals surface area (Å²) < 4.78 is 88.2. The number of carbonyl (C=O) groups excluding carboxylic acids is 1. The molecule has 0 aliphatic carbocycles. The number of carboxylic acid groups (broad SMARTS) is 1. The number of esters is 1. The number of benzene rings is 6. The van der Waals surface area contributed by atoms with Crippen molar-refractivity contribution in [2.24, 2.45) is 0 Å². The van der Waals surface area contributed by atoms with E-state index in [0.717, 1.165) is 51.6 Å². The number of carboxylic acids is 1. The van der Waals surface area contributed by atoms with Crippen molar-refractivity contribution in [1.29, 1.82) is 0 Å². The van der Waals surface area contributed by atoms with Gasteiger partial charge in [0.05, 0.1) is 18.2 Å². The molecule has 2 unspecified atom stereocenters. The quantitative estimate of drug-likeness (QED) is 0.0854. The molecule has 0 spiro atoms. The second-order valence-corrected chi connectivity index (χ2v) is 13.8. The summed E-state index contributed by atoms with van der Waals surface area (Å²) in [5.41, 5.74) is 1.22. The first kappa shape index (κ1) is 52.1. The molecular weight excluding hydrogens is 926 g/mol. The zero-order chi connectivity index (χ0) is 44.6. The van der Waals surface area contributed by atoms with E-state index < -0.39 is 35.6 Å². The molecule has 2 N–H and O–H groups in total. The molecule has 0 aliphatic rings. The van der Waals surface area contributed by atoms with Crippen molar-refractivity contribution in [3.8, 4) is 22.9 Å². The van der Waals surface area contributed by atoms with Crippen molar-refractivity contribution in [1.82, 2.24) is 30.0 Å². The molecule has 8 aromatic rings.